The van der Waals surface area contributed by atoms with Crippen LogP contribution in [-0.4, -0.2) is 40.2 Å². The van der Waals surface area contributed by atoms with Gasteiger partial charge in [0.2, 0.25) is 5.76 Å². The van der Waals surface area contributed by atoms with Crippen molar-refractivity contribution in [3.8, 4) is 5.88 Å². The highest BCUT2D eigenvalue weighted by molar-refractivity contribution is 5.94. The molecule has 22 heavy (non-hydrogen) atoms. The van der Waals surface area contributed by atoms with Gasteiger partial charge in [0.1, 0.15) is 6.04 Å². The number of hydrogen-bond acceptors (Lipinski definition) is 5. The molecule has 0 radical (unpaired) electrons. The third-order valence-corrected chi connectivity index (χ3v) is 3.70. The average Bonchev–Trinajstić information content (AvgIpc) is 3.02. The molecule has 0 spiro atoms. The Morgan fingerprint density at radius 2 is 2.09 bits per heavy atom. The molecule has 2 heterocycles. The third-order valence-electron chi connectivity index (χ3n) is 3.70. The Hall–Kier alpha value is -2.83. The maximum absolute atomic E-state index is 12.5. The van der Waals surface area contributed by atoms with Crippen LogP contribution in [-0.2, 0) is 17.8 Å². The molecule has 1 aromatic heterocycles. The molecule has 0 saturated heterocycles. The van der Waals surface area contributed by atoms with Crippen LogP contribution in [0.25, 0.3) is 0 Å². The van der Waals surface area contributed by atoms with Crippen molar-refractivity contribution >= 4 is 11.9 Å². The molecule has 3 rings (SSSR count). The van der Waals surface area contributed by atoms with Gasteiger partial charge < -0.3 is 19.3 Å². The highest BCUT2D eigenvalue weighted by Gasteiger charge is 2.36. The zero-order chi connectivity index (χ0) is 15.7. The van der Waals surface area contributed by atoms with Crippen molar-refractivity contribution in [3.63, 3.8) is 0 Å². The van der Waals surface area contributed by atoms with Gasteiger partial charge in [-0.1, -0.05) is 24.3 Å². The molecule has 0 saturated carbocycles. The number of hydrogen-bond donors (Lipinski definition) is 1. The number of rotatable bonds is 3. The molecule has 0 bridgehead atoms. The van der Waals surface area contributed by atoms with Crippen molar-refractivity contribution in [3.05, 3.63) is 47.2 Å². The number of aliphatic carboxylic acids is 1. The standard InChI is InChI=1S/C15H14N2O5/c1-21-13-7-12(22-16-13)14(18)17-8-10-5-3-2-4-9(10)6-11(17)15(19)20/h2-5,7,11H,6,8H2,1H3,(H,19,20). The van der Waals surface area contributed by atoms with Crippen LogP contribution >= 0.6 is 0 Å². The van der Waals surface area contributed by atoms with E-state index in [2.05, 4.69) is 5.16 Å². The van der Waals surface area contributed by atoms with Crippen molar-refractivity contribution in [1.29, 1.82) is 0 Å². The molecular weight excluding hydrogens is 288 g/mol. The van der Waals surface area contributed by atoms with E-state index >= 15 is 0 Å². The van der Waals surface area contributed by atoms with E-state index < -0.39 is 17.9 Å². The fourth-order valence-electron chi connectivity index (χ4n) is 2.55. The lowest BCUT2D eigenvalue weighted by Crippen LogP contribution is -2.48. The fraction of sp³-hybridized carbons (Fsp3) is 0.267. The van der Waals surface area contributed by atoms with Gasteiger partial charge in [-0.25, -0.2) is 4.79 Å². The summed E-state index contributed by atoms with van der Waals surface area (Å²) in [4.78, 5) is 25.3. The first-order valence-electron chi connectivity index (χ1n) is 6.71. The quantitative estimate of drug-likeness (QED) is 0.919. The number of nitrogens with zero attached hydrogens (tertiary/aromatic N) is 2. The zero-order valence-corrected chi connectivity index (χ0v) is 11.9. The molecule has 1 N–H and O–H groups in total. The number of aromatic nitrogens is 1. The number of amides is 1. The average molecular weight is 302 g/mol. The summed E-state index contributed by atoms with van der Waals surface area (Å²) >= 11 is 0. The molecular formula is C15H14N2O5. The van der Waals surface area contributed by atoms with E-state index in [-0.39, 0.29) is 24.6 Å². The number of ether oxygens (including phenoxy) is 1. The van der Waals surface area contributed by atoms with Crippen molar-refractivity contribution in [2.45, 2.75) is 19.0 Å². The number of carbonyl (C=O) groups excluding carboxylic acids is 1. The molecule has 1 amide bonds. The predicted molar refractivity (Wildman–Crippen MR) is 74.5 cm³/mol. The Balaban J connectivity index is 1.93. The first-order chi connectivity index (χ1) is 10.6. The van der Waals surface area contributed by atoms with Crippen LogP contribution in [0.1, 0.15) is 21.7 Å². The third kappa shape index (κ3) is 2.41. The highest BCUT2D eigenvalue weighted by atomic mass is 16.5. The molecule has 2 aromatic rings. The van der Waals surface area contributed by atoms with Gasteiger partial charge in [-0.2, -0.15) is 0 Å². The summed E-state index contributed by atoms with van der Waals surface area (Å²) in [5, 5.41) is 13.0. The van der Waals surface area contributed by atoms with Crippen LogP contribution in [0.5, 0.6) is 5.88 Å². The Labute approximate surface area is 126 Å². The Kier molecular flexibility index (Phi) is 3.54. The lowest BCUT2D eigenvalue weighted by atomic mass is 9.94. The number of fused-ring (bicyclic) bond motifs is 1. The predicted octanol–water partition coefficient (Wildman–Crippen LogP) is 1.33. The number of carboxylic acids is 1. The van der Waals surface area contributed by atoms with Crippen LogP contribution in [0.15, 0.2) is 34.9 Å². The molecule has 1 aliphatic heterocycles. The van der Waals surface area contributed by atoms with Crippen LogP contribution in [0.3, 0.4) is 0 Å². The first kappa shape index (κ1) is 14.1. The number of methoxy groups -OCH3 is 1. The van der Waals surface area contributed by atoms with Crippen molar-refractivity contribution in [1.82, 2.24) is 10.1 Å². The molecule has 7 heteroatoms. The number of carbonyl (C=O) groups is 2. The minimum atomic E-state index is -1.05. The van der Waals surface area contributed by atoms with Crippen molar-refractivity contribution in [2.75, 3.05) is 7.11 Å². The monoisotopic (exact) mass is 302 g/mol. The van der Waals surface area contributed by atoms with Crippen LogP contribution < -0.4 is 4.74 Å². The highest BCUT2D eigenvalue weighted by Crippen LogP contribution is 2.26. The van der Waals surface area contributed by atoms with E-state index in [0.717, 1.165) is 11.1 Å². The van der Waals surface area contributed by atoms with E-state index in [1.807, 2.05) is 24.3 Å². The van der Waals surface area contributed by atoms with E-state index in [0.29, 0.717) is 0 Å². The lowest BCUT2D eigenvalue weighted by molar-refractivity contribution is -0.142. The van der Waals surface area contributed by atoms with Gasteiger partial charge in [-0.05, 0) is 16.3 Å². The van der Waals surface area contributed by atoms with Gasteiger partial charge in [0.05, 0.1) is 13.2 Å². The zero-order valence-electron chi connectivity index (χ0n) is 11.9. The van der Waals surface area contributed by atoms with E-state index in [4.69, 9.17) is 9.26 Å². The molecule has 0 fully saturated rings. The van der Waals surface area contributed by atoms with Gasteiger partial charge in [-0.3, -0.25) is 4.79 Å². The van der Waals surface area contributed by atoms with E-state index in [9.17, 15) is 14.7 Å². The fourth-order valence-corrected chi connectivity index (χ4v) is 2.55. The van der Waals surface area contributed by atoms with Gasteiger partial charge in [-0.15, -0.1) is 0 Å². The summed E-state index contributed by atoms with van der Waals surface area (Å²) in [5.74, 6) is -1.43. The molecule has 114 valence electrons. The molecule has 0 aliphatic carbocycles. The topological polar surface area (TPSA) is 92.9 Å². The molecule has 1 aliphatic rings. The number of benzene rings is 1. The minimum Gasteiger partial charge on any atom is -0.480 e. The summed E-state index contributed by atoms with van der Waals surface area (Å²) in [6.07, 6.45) is 0.266. The van der Waals surface area contributed by atoms with Crippen LogP contribution in [0.4, 0.5) is 0 Å². The van der Waals surface area contributed by atoms with Gasteiger partial charge in [0.25, 0.3) is 11.8 Å². The SMILES string of the molecule is COc1cc(C(=O)N2Cc3ccccc3CC2C(=O)O)on1. The second kappa shape index (κ2) is 5.51. The normalized spacial score (nSPS) is 17.0. The van der Waals surface area contributed by atoms with Crippen molar-refractivity contribution < 1.29 is 24.0 Å². The van der Waals surface area contributed by atoms with Crippen LogP contribution in [0.2, 0.25) is 0 Å². The second-order valence-corrected chi connectivity index (χ2v) is 4.99. The maximum atomic E-state index is 12.5. The largest absolute Gasteiger partial charge is 0.480 e. The Morgan fingerprint density at radius 1 is 1.36 bits per heavy atom. The Morgan fingerprint density at radius 3 is 2.73 bits per heavy atom. The van der Waals surface area contributed by atoms with Crippen LogP contribution in [0, 0.1) is 0 Å². The van der Waals surface area contributed by atoms with E-state index in [1.165, 1.54) is 18.1 Å². The molecule has 1 aromatic carbocycles. The maximum Gasteiger partial charge on any atom is 0.326 e. The minimum absolute atomic E-state index is 0.0394. The lowest BCUT2D eigenvalue weighted by Gasteiger charge is -2.33. The summed E-state index contributed by atoms with van der Waals surface area (Å²) in [5.41, 5.74) is 1.87. The van der Waals surface area contributed by atoms with Gasteiger partial charge >= 0.3 is 5.97 Å². The van der Waals surface area contributed by atoms with E-state index in [1.54, 1.807) is 0 Å². The first-order valence-corrected chi connectivity index (χ1v) is 6.71. The summed E-state index contributed by atoms with van der Waals surface area (Å²) in [7, 11) is 1.41. The molecule has 1 unspecified atom stereocenters. The second-order valence-electron chi connectivity index (χ2n) is 4.99. The molecule has 1 atom stereocenters. The smallest absolute Gasteiger partial charge is 0.326 e. The summed E-state index contributed by atoms with van der Waals surface area (Å²) in [6.45, 7) is 0.217. The molecule has 7 nitrogen and oxygen atoms in total. The van der Waals surface area contributed by atoms with Crippen molar-refractivity contribution in [2.24, 2.45) is 0 Å². The Bertz CT molecular complexity index is 724. The van der Waals surface area contributed by atoms with Gasteiger partial charge in [0, 0.05) is 13.0 Å². The summed E-state index contributed by atoms with van der Waals surface area (Å²) in [6, 6.07) is 7.90. The summed E-state index contributed by atoms with van der Waals surface area (Å²) < 4.78 is 9.80. The number of carboxylic acid groups (broad SMARTS) is 1. The van der Waals surface area contributed by atoms with Gasteiger partial charge in [0.15, 0.2) is 0 Å².